The number of likely N-dealkylation sites (tertiary alicyclic amines) is 1. The lowest BCUT2D eigenvalue weighted by Crippen LogP contribution is -2.47. The molecule has 1 aliphatic rings. The Morgan fingerprint density at radius 2 is 2.00 bits per heavy atom. The molecule has 0 aliphatic carbocycles. The van der Waals surface area contributed by atoms with Gasteiger partial charge in [0.05, 0.1) is 0 Å². The Balaban J connectivity index is 2.51. The molecule has 0 bridgehead atoms. The van der Waals surface area contributed by atoms with Gasteiger partial charge in [0.15, 0.2) is 0 Å². The molecular weight excluding hydrogens is 238 g/mol. The summed E-state index contributed by atoms with van der Waals surface area (Å²) >= 11 is 3.61. The van der Waals surface area contributed by atoms with Gasteiger partial charge in [0.1, 0.15) is 0 Å². The van der Waals surface area contributed by atoms with Crippen LogP contribution in [0.2, 0.25) is 0 Å². The van der Waals surface area contributed by atoms with Gasteiger partial charge in [-0.2, -0.15) is 0 Å². The minimum Gasteiger partial charge on any atom is -0.300 e. The van der Waals surface area contributed by atoms with E-state index in [1.807, 2.05) is 0 Å². The van der Waals surface area contributed by atoms with E-state index in [-0.39, 0.29) is 0 Å². The topological polar surface area (TPSA) is 3.24 Å². The molecule has 0 spiro atoms. The predicted molar refractivity (Wildman–Crippen MR) is 67.0 cm³/mol. The maximum Gasteiger partial charge on any atom is 0.00949 e. The van der Waals surface area contributed by atoms with E-state index in [9.17, 15) is 0 Å². The van der Waals surface area contributed by atoms with Crippen molar-refractivity contribution in [2.24, 2.45) is 11.3 Å². The van der Waals surface area contributed by atoms with Gasteiger partial charge in [0.25, 0.3) is 0 Å². The average Bonchev–Trinajstić information content (AvgIpc) is 2.13. The molecule has 0 amide bonds. The van der Waals surface area contributed by atoms with E-state index in [4.69, 9.17) is 0 Å². The Morgan fingerprint density at radius 3 is 2.57 bits per heavy atom. The van der Waals surface area contributed by atoms with Gasteiger partial charge in [0, 0.05) is 17.9 Å². The van der Waals surface area contributed by atoms with Crippen molar-refractivity contribution in [3.05, 3.63) is 0 Å². The Labute approximate surface area is 97.4 Å². The number of halogens is 1. The largest absolute Gasteiger partial charge is 0.300 e. The van der Waals surface area contributed by atoms with Gasteiger partial charge in [-0.1, -0.05) is 36.7 Å². The first-order chi connectivity index (χ1) is 6.46. The number of piperidine rings is 1. The van der Waals surface area contributed by atoms with Crippen molar-refractivity contribution in [2.45, 2.75) is 46.6 Å². The molecule has 0 saturated carbocycles. The van der Waals surface area contributed by atoms with Gasteiger partial charge in [0.2, 0.25) is 0 Å². The third-order valence-corrected chi connectivity index (χ3v) is 5.02. The standard InChI is InChI=1S/C12H24BrN/c1-10-6-5-7-14(11(10)2)9-12(3,4)8-13/h10-11H,5-9H2,1-4H3. The molecule has 1 nitrogen and oxygen atoms in total. The number of alkyl halides is 1. The molecule has 0 radical (unpaired) electrons. The molecule has 0 N–H and O–H groups in total. The van der Waals surface area contributed by atoms with Crippen LogP contribution in [-0.4, -0.2) is 29.4 Å². The maximum absolute atomic E-state index is 3.61. The highest BCUT2D eigenvalue weighted by molar-refractivity contribution is 9.09. The molecule has 1 fully saturated rings. The van der Waals surface area contributed by atoms with E-state index in [2.05, 4.69) is 48.5 Å². The Morgan fingerprint density at radius 1 is 1.36 bits per heavy atom. The molecular formula is C12H24BrN. The average molecular weight is 262 g/mol. The Bertz CT molecular complexity index is 179. The van der Waals surface area contributed by atoms with Crippen LogP contribution in [0.1, 0.15) is 40.5 Å². The highest BCUT2D eigenvalue weighted by Gasteiger charge is 2.28. The second-order valence-electron chi connectivity index (χ2n) is 5.63. The maximum atomic E-state index is 3.61. The van der Waals surface area contributed by atoms with Crippen molar-refractivity contribution in [3.8, 4) is 0 Å². The van der Waals surface area contributed by atoms with E-state index >= 15 is 0 Å². The second-order valence-corrected chi connectivity index (χ2v) is 6.19. The van der Waals surface area contributed by atoms with Crippen molar-refractivity contribution in [1.82, 2.24) is 4.90 Å². The lowest BCUT2D eigenvalue weighted by molar-refractivity contribution is 0.0798. The van der Waals surface area contributed by atoms with E-state index < -0.39 is 0 Å². The fraction of sp³-hybridized carbons (Fsp3) is 1.00. The summed E-state index contributed by atoms with van der Waals surface area (Å²) in [5, 5.41) is 1.09. The second kappa shape index (κ2) is 4.98. The van der Waals surface area contributed by atoms with Crippen LogP contribution in [0.3, 0.4) is 0 Å². The van der Waals surface area contributed by atoms with Crippen LogP contribution in [0.15, 0.2) is 0 Å². The number of hydrogen-bond acceptors (Lipinski definition) is 1. The van der Waals surface area contributed by atoms with Gasteiger partial charge in [-0.05, 0) is 37.6 Å². The van der Waals surface area contributed by atoms with Crippen LogP contribution in [0.25, 0.3) is 0 Å². The third-order valence-electron chi connectivity index (χ3n) is 3.50. The number of nitrogens with zero attached hydrogens (tertiary/aromatic N) is 1. The quantitative estimate of drug-likeness (QED) is 0.703. The molecule has 0 aromatic heterocycles. The van der Waals surface area contributed by atoms with E-state index in [1.54, 1.807) is 0 Å². The van der Waals surface area contributed by atoms with Gasteiger partial charge >= 0.3 is 0 Å². The molecule has 0 aromatic rings. The predicted octanol–water partition coefficient (Wildman–Crippen LogP) is 3.53. The van der Waals surface area contributed by atoms with Crippen LogP contribution in [-0.2, 0) is 0 Å². The zero-order valence-corrected chi connectivity index (χ0v) is 11.6. The van der Waals surface area contributed by atoms with Crippen molar-refractivity contribution in [3.63, 3.8) is 0 Å². The van der Waals surface area contributed by atoms with Gasteiger partial charge in [-0.25, -0.2) is 0 Å². The van der Waals surface area contributed by atoms with Crippen molar-refractivity contribution >= 4 is 15.9 Å². The lowest BCUT2D eigenvalue weighted by atomic mass is 9.88. The van der Waals surface area contributed by atoms with E-state index in [0.29, 0.717) is 5.41 Å². The van der Waals surface area contributed by atoms with Gasteiger partial charge in [-0.3, -0.25) is 4.90 Å². The molecule has 1 saturated heterocycles. The molecule has 1 aliphatic heterocycles. The summed E-state index contributed by atoms with van der Waals surface area (Å²) in [5.41, 5.74) is 0.408. The van der Waals surface area contributed by atoms with Crippen LogP contribution in [0.5, 0.6) is 0 Å². The summed E-state index contributed by atoms with van der Waals surface area (Å²) in [6.07, 6.45) is 2.79. The third kappa shape index (κ3) is 3.23. The van der Waals surface area contributed by atoms with Gasteiger partial charge in [-0.15, -0.1) is 0 Å². The lowest BCUT2D eigenvalue weighted by Gasteiger charge is -2.41. The molecule has 1 heterocycles. The zero-order valence-electron chi connectivity index (χ0n) is 10.0. The number of hydrogen-bond donors (Lipinski definition) is 0. The van der Waals surface area contributed by atoms with Crippen molar-refractivity contribution in [1.29, 1.82) is 0 Å². The monoisotopic (exact) mass is 261 g/mol. The zero-order chi connectivity index (χ0) is 10.8. The number of rotatable bonds is 3. The smallest absolute Gasteiger partial charge is 0.00949 e. The van der Waals surface area contributed by atoms with Crippen molar-refractivity contribution < 1.29 is 0 Å². The summed E-state index contributed by atoms with van der Waals surface area (Å²) in [7, 11) is 0. The summed E-state index contributed by atoms with van der Waals surface area (Å²) in [6, 6.07) is 0.766. The highest BCUT2D eigenvalue weighted by atomic mass is 79.9. The molecule has 14 heavy (non-hydrogen) atoms. The van der Waals surface area contributed by atoms with Crippen LogP contribution in [0, 0.1) is 11.3 Å². The van der Waals surface area contributed by atoms with Gasteiger partial charge < -0.3 is 0 Å². The summed E-state index contributed by atoms with van der Waals surface area (Å²) in [6.45, 7) is 12.0. The van der Waals surface area contributed by atoms with Crippen LogP contribution in [0.4, 0.5) is 0 Å². The minimum atomic E-state index is 0.408. The fourth-order valence-corrected chi connectivity index (χ4v) is 2.41. The normalized spacial score (nSPS) is 30.6. The molecule has 84 valence electrons. The molecule has 2 atom stereocenters. The summed E-state index contributed by atoms with van der Waals surface area (Å²) < 4.78 is 0. The van der Waals surface area contributed by atoms with Crippen LogP contribution < -0.4 is 0 Å². The Kier molecular flexibility index (Phi) is 4.45. The minimum absolute atomic E-state index is 0.408. The first-order valence-electron chi connectivity index (χ1n) is 5.76. The fourth-order valence-electron chi connectivity index (χ4n) is 2.24. The summed E-state index contributed by atoms with van der Waals surface area (Å²) in [5.74, 6) is 0.870. The summed E-state index contributed by atoms with van der Waals surface area (Å²) in [4.78, 5) is 2.66. The Hall–Kier alpha value is 0.440. The molecule has 2 unspecified atom stereocenters. The van der Waals surface area contributed by atoms with Crippen molar-refractivity contribution in [2.75, 3.05) is 18.4 Å². The SMILES string of the molecule is CC1CCCN(CC(C)(C)CBr)C1C. The first-order valence-corrected chi connectivity index (χ1v) is 6.88. The molecule has 0 aromatic carbocycles. The van der Waals surface area contributed by atoms with E-state index in [0.717, 1.165) is 17.3 Å². The molecule has 1 rings (SSSR count). The first kappa shape index (κ1) is 12.5. The molecule has 2 heteroatoms. The van der Waals surface area contributed by atoms with E-state index in [1.165, 1.54) is 25.9 Å². The highest BCUT2D eigenvalue weighted by Crippen LogP contribution is 2.27. The van der Waals surface area contributed by atoms with Crippen LogP contribution >= 0.6 is 15.9 Å².